The maximum absolute atomic E-state index is 13.4. The van der Waals surface area contributed by atoms with Crippen LogP contribution in [0.15, 0.2) is 36.5 Å². The number of aliphatic hydroxyl groups is 11. The van der Waals surface area contributed by atoms with Gasteiger partial charge in [0.25, 0.3) is 0 Å². The predicted molar refractivity (Wildman–Crippen MR) is 342 cm³/mol. The first-order valence-corrected chi connectivity index (χ1v) is 35.2. The molecule has 19 nitrogen and oxygen atoms in total. The molecule has 17 atom stereocenters. The standard InChI is InChI=1S/C69H127NO18/c1-3-5-7-9-11-13-15-17-18-19-20-21-22-23-24-25-26-27-28-29-30-31-32-33-35-37-39-41-43-45-47-57(75)70-52(53(74)46-44-42-40-38-36-34-16-14-12-10-8-6-4-2)51-83-67-63(81)60(78)65(55(49-72)85-67)88-69-64(82)61(79)66(56(50-73)86-69)87-68-62(80)59(77)58(76)54(48-71)84-68/h12,14,36,38,44,46,52-56,58-69,71-74,76-82H,3-11,13,15-35,37,39-43,45,47-51H2,1-2H3,(H,70,75)/b14-12+,38-36+,46-44+. The van der Waals surface area contributed by atoms with Crippen molar-refractivity contribution in [2.75, 3.05) is 26.4 Å². The molecule has 0 aliphatic carbocycles. The highest BCUT2D eigenvalue weighted by Gasteiger charge is 2.53. The van der Waals surface area contributed by atoms with Crippen molar-refractivity contribution < 1.29 is 89.4 Å². The number of unbranched alkanes of at least 4 members (excludes halogenated alkanes) is 34. The molecule has 1 amide bonds. The van der Waals surface area contributed by atoms with Gasteiger partial charge in [-0.15, -0.1) is 0 Å². The second-order valence-corrected chi connectivity index (χ2v) is 25.3. The summed E-state index contributed by atoms with van der Waals surface area (Å²) in [5.41, 5.74) is 0. The van der Waals surface area contributed by atoms with Gasteiger partial charge in [-0.3, -0.25) is 4.79 Å². The molecule has 17 unspecified atom stereocenters. The van der Waals surface area contributed by atoms with E-state index in [1.54, 1.807) is 6.08 Å². The number of carbonyl (C=O) groups excluding carboxylic acids is 1. The predicted octanol–water partition coefficient (Wildman–Crippen LogP) is 9.22. The van der Waals surface area contributed by atoms with E-state index < -0.39 is 124 Å². The number of aliphatic hydroxyl groups excluding tert-OH is 11. The van der Waals surface area contributed by atoms with Crippen LogP contribution in [0, 0.1) is 0 Å². The zero-order valence-corrected chi connectivity index (χ0v) is 54.5. The maximum atomic E-state index is 13.4. The third-order valence-corrected chi connectivity index (χ3v) is 17.7. The molecule has 0 bridgehead atoms. The highest BCUT2D eigenvalue weighted by molar-refractivity contribution is 5.76. The lowest BCUT2D eigenvalue weighted by Gasteiger charge is -2.48. The number of hydrogen-bond donors (Lipinski definition) is 12. The summed E-state index contributed by atoms with van der Waals surface area (Å²) in [6.07, 6.45) is 33.0. The van der Waals surface area contributed by atoms with E-state index in [4.69, 9.17) is 28.4 Å². The van der Waals surface area contributed by atoms with Crippen molar-refractivity contribution in [3.63, 3.8) is 0 Å². The molecular weight excluding hydrogens is 1130 g/mol. The fourth-order valence-corrected chi connectivity index (χ4v) is 11.9. The minimum atomic E-state index is -1.98. The second kappa shape index (κ2) is 51.4. The van der Waals surface area contributed by atoms with Gasteiger partial charge in [0.15, 0.2) is 18.9 Å². The molecule has 0 aromatic heterocycles. The van der Waals surface area contributed by atoms with Crippen LogP contribution in [0.3, 0.4) is 0 Å². The Kier molecular flexibility index (Phi) is 46.9. The molecule has 0 saturated carbocycles. The summed E-state index contributed by atoms with van der Waals surface area (Å²) in [6, 6.07) is -0.993. The Labute approximate surface area is 530 Å². The number of allylic oxidation sites excluding steroid dienone is 5. The molecule has 3 fully saturated rings. The molecular formula is C69H127NO18. The fraction of sp³-hybridized carbons (Fsp3) is 0.899. The molecule has 0 spiro atoms. The van der Waals surface area contributed by atoms with E-state index in [1.165, 1.54) is 186 Å². The van der Waals surface area contributed by atoms with Crippen molar-refractivity contribution in [2.45, 2.75) is 369 Å². The molecule has 12 N–H and O–H groups in total. The van der Waals surface area contributed by atoms with E-state index in [9.17, 15) is 61.0 Å². The first-order chi connectivity index (χ1) is 42.8. The largest absolute Gasteiger partial charge is 0.394 e. The zero-order valence-electron chi connectivity index (χ0n) is 54.5. The van der Waals surface area contributed by atoms with Gasteiger partial charge in [0.1, 0.15) is 73.2 Å². The van der Waals surface area contributed by atoms with Gasteiger partial charge in [-0.25, -0.2) is 0 Å². The highest BCUT2D eigenvalue weighted by Crippen LogP contribution is 2.33. The van der Waals surface area contributed by atoms with E-state index in [-0.39, 0.29) is 18.9 Å². The molecule has 3 rings (SSSR count). The van der Waals surface area contributed by atoms with E-state index in [2.05, 4.69) is 43.5 Å². The maximum Gasteiger partial charge on any atom is 0.220 e. The number of carbonyl (C=O) groups is 1. The second-order valence-electron chi connectivity index (χ2n) is 25.3. The van der Waals surface area contributed by atoms with Crippen LogP contribution in [-0.2, 0) is 33.2 Å². The monoisotopic (exact) mass is 1260 g/mol. The normalized spacial score (nSPS) is 28.6. The number of ether oxygens (including phenoxy) is 6. The van der Waals surface area contributed by atoms with Gasteiger partial charge >= 0.3 is 0 Å². The van der Waals surface area contributed by atoms with Gasteiger partial charge < -0.3 is 89.9 Å². The lowest BCUT2D eigenvalue weighted by molar-refractivity contribution is -0.379. The minimum Gasteiger partial charge on any atom is -0.394 e. The average molecular weight is 1260 g/mol. The topological polar surface area (TPSA) is 307 Å². The summed E-state index contributed by atoms with van der Waals surface area (Å²) in [6.45, 7) is 1.69. The number of amides is 1. The van der Waals surface area contributed by atoms with Gasteiger partial charge in [-0.2, -0.15) is 0 Å². The Morgan fingerprint density at radius 3 is 1.14 bits per heavy atom. The van der Waals surface area contributed by atoms with Crippen LogP contribution in [0.2, 0.25) is 0 Å². The summed E-state index contributed by atoms with van der Waals surface area (Å²) < 4.78 is 34.3. The van der Waals surface area contributed by atoms with Gasteiger partial charge in [0.2, 0.25) is 5.91 Å². The highest BCUT2D eigenvalue weighted by atomic mass is 16.8. The van der Waals surface area contributed by atoms with Crippen molar-refractivity contribution >= 4 is 5.91 Å². The van der Waals surface area contributed by atoms with Crippen LogP contribution in [0.25, 0.3) is 0 Å². The van der Waals surface area contributed by atoms with Crippen molar-refractivity contribution in [3.8, 4) is 0 Å². The summed E-state index contributed by atoms with van der Waals surface area (Å²) in [4.78, 5) is 13.4. The van der Waals surface area contributed by atoms with E-state index in [0.717, 1.165) is 44.9 Å². The molecule has 0 aromatic carbocycles. The quantitative estimate of drug-likeness (QED) is 0.0199. The summed E-state index contributed by atoms with van der Waals surface area (Å²) in [5.74, 6) is -0.286. The van der Waals surface area contributed by atoms with Crippen LogP contribution in [0.4, 0.5) is 0 Å². The third kappa shape index (κ3) is 33.2. The lowest BCUT2D eigenvalue weighted by atomic mass is 9.96. The van der Waals surface area contributed by atoms with Gasteiger partial charge in [0.05, 0.1) is 38.6 Å². The van der Waals surface area contributed by atoms with E-state index in [1.807, 2.05) is 6.08 Å². The van der Waals surface area contributed by atoms with Crippen molar-refractivity contribution in [1.29, 1.82) is 0 Å². The number of rotatable bonds is 54. The zero-order chi connectivity index (χ0) is 64.0. The molecule has 0 radical (unpaired) electrons. The SMILES string of the molecule is CCCCC/C=C/CC/C=C/CC/C=C/C(O)C(COC1OC(CO)C(OC2OC(CO)C(OC3OC(CO)C(O)C(O)C3O)C(O)C2O)C(O)C1O)NC(=O)CCCCCCCCCCCCCCCCCCCCCCCCCCCCCCCC. The van der Waals surface area contributed by atoms with Crippen molar-refractivity contribution in [3.05, 3.63) is 36.5 Å². The van der Waals surface area contributed by atoms with Crippen LogP contribution < -0.4 is 5.32 Å². The summed E-state index contributed by atoms with van der Waals surface area (Å²) in [5, 5.41) is 120. The fourth-order valence-electron chi connectivity index (χ4n) is 11.9. The van der Waals surface area contributed by atoms with Gasteiger partial charge in [-0.05, 0) is 44.9 Å². The molecule has 3 saturated heterocycles. The van der Waals surface area contributed by atoms with Crippen molar-refractivity contribution in [1.82, 2.24) is 5.32 Å². The van der Waals surface area contributed by atoms with Crippen LogP contribution in [0.5, 0.6) is 0 Å². The van der Waals surface area contributed by atoms with Gasteiger partial charge in [-0.1, -0.05) is 249 Å². The minimum absolute atomic E-state index is 0.236. The Hall–Kier alpha value is -1.99. The van der Waals surface area contributed by atoms with Crippen LogP contribution in [-0.4, -0.2) is 193 Å². The van der Waals surface area contributed by atoms with E-state index >= 15 is 0 Å². The van der Waals surface area contributed by atoms with E-state index in [0.29, 0.717) is 12.8 Å². The Morgan fingerprint density at radius 1 is 0.398 bits per heavy atom. The smallest absolute Gasteiger partial charge is 0.220 e. The molecule has 88 heavy (non-hydrogen) atoms. The molecule has 19 heteroatoms. The molecule has 516 valence electrons. The molecule has 3 aliphatic rings. The lowest BCUT2D eigenvalue weighted by Crippen LogP contribution is -2.66. The van der Waals surface area contributed by atoms with Crippen molar-refractivity contribution in [2.24, 2.45) is 0 Å². The Balaban J connectivity index is 1.37. The first kappa shape index (κ1) is 80.2. The third-order valence-electron chi connectivity index (χ3n) is 17.7. The molecule has 3 aliphatic heterocycles. The molecule has 3 heterocycles. The first-order valence-electron chi connectivity index (χ1n) is 35.2. The van der Waals surface area contributed by atoms with Gasteiger partial charge in [0, 0.05) is 6.42 Å². The summed E-state index contributed by atoms with van der Waals surface area (Å²) >= 11 is 0. The number of nitrogens with one attached hydrogen (secondary N) is 1. The Morgan fingerprint density at radius 2 is 0.727 bits per heavy atom. The molecule has 0 aromatic rings. The number of hydrogen-bond acceptors (Lipinski definition) is 18. The van der Waals surface area contributed by atoms with Crippen LogP contribution in [0.1, 0.15) is 264 Å². The average Bonchev–Trinajstić information content (AvgIpc) is 1.62. The van der Waals surface area contributed by atoms with Crippen LogP contribution >= 0.6 is 0 Å². The summed E-state index contributed by atoms with van der Waals surface area (Å²) in [7, 11) is 0. The Bertz CT molecular complexity index is 1740.